The first kappa shape index (κ1) is 13.8. The molecule has 0 saturated heterocycles. The van der Waals surface area contributed by atoms with Crippen molar-refractivity contribution in [1.82, 2.24) is 0 Å². The number of amides is 1. The minimum absolute atomic E-state index is 0.0682. The molecule has 98 valence electrons. The van der Waals surface area contributed by atoms with Gasteiger partial charge in [-0.3, -0.25) is 9.59 Å². The van der Waals surface area contributed by atoms with Crippen LogP contribution >= 0.6 is 0 Å². The predicted molar refractivity (Wildman–Crippen MR) is 66.3 cm³/mol. The lowest BCUT2D eigenvalue weighted by Crippen LogP contribution is -2.31. The van der Waals surface area contributed by atoms with Crippen molar-refractivity contribution in [2.75, 3.05) is 12.3 Å². The number of carboxylic acids is 1. The number of hydrogen-bond acceptors (Lipinski definition) is 4. The maximum atomic E-state index is 11.2. The summed E-state index contributed by atoms with van der Waals surface area (Å²) in [5.74, 6) is -1.51. The molecule has 18 heavy (non-hydrogen) atoms. The van der Waals surface area contributed by atoms with Gasteiger partial charge in [-0.05, 0) is 26.0 Å². The first-order chi connectivity index (χ1) is 8.25. The molecule has 0 radical (unpaired) electrons. The molecule has 6 nitrogen and oxygen atoms in total. The van der Waals surface area contributed by atoms with Crippen LogP contribution in [0.3, 0.4) is 0 Å². The van der Waals surface area contributed by atoms with Crippen LogP contribution in [0.15, 0.2) is 18.2 Å². The van der Waals surface area contributed by atoms with Crippen molar-refractivity contribution in [2.24, 2.45) is 11.1 Å². The SMILES string of the molecule is CC(C)(COc1cccc(N)c1C(N)=O)C(=O)O. The van der Waals surface area contributed by atoms with E-state index in [1.165, 1.54) is 26.0 Å². The number of anilines is 1. The molecule has 0 bridgehead atoms. The number of nitrogens with two attached hydrogens (primary N) is 2. The summed E-state index contributed by atoms with van der Waals surface area (Å²) >= 11 is 0. The molecule has 0 aliphatic heterocycles. The molecular weight excluding hydrogens is 236 g/mol. The largest absolute Gasteiger partial charge is 0.492 e. The molecule has 0 fully saturated rings. The zero-order chi connectivity index (χ0) is 13.9. The fourth-order valence-electron chi connectivity index (χ4n) is 1.25. The van der Waals surface area contributed by atoms with Crippen LogP contribution < -0.4 is 16.2 Å². The first-order valence-corrected chi connectivity index (χ1v) is 5.30. The zero-order valence-corrected chi connectivity index (χ0v) is 10.3. The highest BCUT2D eigenvalue weighted by Crippen LogP contribution is 2.26. The summed E-state index contributed by atoms with van der Waals surface area (Å²) in [7, 11) is 0. The van der Waals surface area contributed by atoms with Gasteiger partial charge in [-0.2, -0.15) is 0 Å². The highest BCUT2D eigenvalue weighted by atomic mass is 16.5. The Balaban J connectivity index is 2.96. The Morgan fingerprint density at radius 3 is 2.50 bits per heavy atom. The van der Waals surface area contributed by atoms with Crippen LogP contribution in [0.1, 0.15) is 24.2 Å². The number of carbonyl (C=O) groups excluding carboxylic acids is 1. The maximum Gasteiger partial charge on any atom is 0.312 e. The van der Waals surface area contributed by atoms with Crippen LogP contribution in [-0.4, -0.2) is 23.6 Å². The molecule has 0 aliphatic carbocycles. The monoisotopic (exact) mass is 252 g/mol. The van der Waals surface area contributed by atoms with Crippen LogP contribution in [0, 0.1) is 5.41 Å². The molecule has 1 amide bonds. The van der Waals surface area contributed by atoms with E-state index in [1.807, 2.05) is 0 Å². The van der Waals surface area contributed by atoms with Gasteiger partial charge in [0.1, 0.15) is 17.9 Å². The molecule has 0 spiro atoms. The minimum Gasteiger partial charge on any atom is -0.492 e. The summed E-state index contributed by atoms with van der Waals surface area (Å²) in [6.45, 7) is 2.95. The summed E-state index contributed by atoms with van der Waals surface area (Å²) in [5.41, 5.74) is 10.0. The third-order valence-corrected chi connectivity index (χ3v) is 2.47. The number of aliphatic carboxylic acids is 1. The molecule has 0 aromatic heterocycles. The van der Waals surface area contributed by atoms with E-state index < -0.39 is 17.3 Å². The van der Waals surface area contributed by atoms with Gasteiger partial charge in [-0.1, -0.05) is 6.07 Å². The average molecular weight is 252 g/mol. The van der Waals surface area contributed by atoms with E-state index in [0.717, 1.165) is 0 Å². The van der Waals surface area contributed by atoms with E-state index in [0.29, 0.717) is 0 Å². The summed E-state index contributed by atoms with van der Waals surface area (Å²) in [6, 6.07) is 4.65. The highest BCUT2D eigenvalue weighted by molar-refractivity contribution is 6.00. The molecule has 0 saturated carbocycles. The number of carboxylic acid groups (broad SMARTS) is 1. The number of ether oxygens (including phenoxy) is 1. The smallest absolute Gasteiger partial charge is 0.312 e. The number of benzene rings is 1. The van der Waals surface area contributed by atoms with Gasteiger partial charge in [0, 0.05) is 5.69 Å². The predicted octanol–water partition coefficient (Wildman–Crippen LogP) is 0.857. The Morgan fingerprint density at radius 1 is 1.39 bits per heavy atom. The van der Waals surface area contributed by atoms with Gasteiger partial charge in [0.05, 0.1) is 5.41 Å². The van der Waals surface area contributed by atoms with E-state index in [-0.39, 0.29) is 23.6 Å². The van der Waals surface area contributed by atoms with Gasteiger partial charge in [0.15, 0.2) is 0 Å². The second-order valence-corrected chi connectivity index (χ2v) is 4.56. The Hall–Kier alpha value is -2.24. The lowest BCUT2D eigenvalue weighted by atomic mass is 9.95. The summed E-state index contributed by atoms with van der Waals surface area (Å²) in [6.07, 6.45) is 0. The van der Waals surface area contributed by atoms with Gasteiger partial charge in [-0.15, -0.1) is 0 Å². The standard InChI is InChI=1S/C12H16N2O4/c1-12(2,11(16)17)6-18-8-5-3-4-7(13)9(8)10(14)15/h3-5H,6,13H2,1-2H3,(H2,14,15)(H,16,17). The molecule has 0 aliphatic rings. The topological polar surface area (TPSA) is 116 Å². The summed E-state index contributed by atoms with van der Waals surface area (Å²) in [5, 5.41) is 8.96. The average Bonchev–Trinajstić information content (AvgIpc) is 2.25. The summed E-state index contributed by atoms with van der Waals surface area (Å²) in [4.78, 5) is 22.2. The van der Waals surface area contributed by atoms with Gasteiger partial charge in [0.25, 0.3) is 5.91 Å². The minimum atomic E-state index is -1.07. The third-order valence-electron chi connectivity index (χ3n) is 2.47. The van der Waals surface area contributed by atoms with Crippen molar-refractivity contribution < 1.29 is 19.4 Å². The van der Waals surface area contributed by atoms with Gasteiger partial charge < -0.3 is 21.3 Å². The van der Waals surface area contributed by atoms with Crippen molar-refractivity contribution in [2.45, 2.75) is 13.8 Å². The molecule has 6 heteroatoms. The number of primary amides is 1. The second-order valence-electron chi connectivity index (χ2n) is 4.56. The molecule has 1 aromatic carbocycles. The van der Waals surface area contributed by atoms with Crippen molar-refractivity contribution in [3.63, 3.8) is 0 Å². The number of nitrogen functional groups attached to an aromatic ring is 1. The Kier molecular flexibility index (Phi) is 3.80. The fraction of sp³-hybridized carbons (Fsp3) is 0.333. The summed E-state index contributed by atoms with van der Waals surface area (Å²) < 4.78 is 5.34. The van der Waals surface area contributed by atoms with E-state index in [4.69, 9.17) is 21.3 Å². The van der Waals surface area contributed by atoms with Crippen LogP contribution in [0.2, 0.25) is 0 Å². The van der Waals surface area contributed by atoms with Crippen molar-refractivity contribution in [3.05, 3.63) is 23.8 Å². The van der Waals surface area contributed by atoms with Gasteiger partial charge in [-0.25, -0.2) is 0 Å². The fourth-order valence-corrected chi connectivity index (χ4v) is 1.25. The lowest BCUT2D eigenvalue weighted by Gasteiger charge is -2.20. The van der Waals surface area contributed by atoms with E-state index in [9.17, 15) is 9.59 Å². The molecule has 1 aromatic rings. The van der Waals surface area contributed by atoms with Gasteiger partial charge in [0.2, 0.25) is 0 Å². The highest BCUT2D eigenvalue weighted by Gasteiger charge is 2.28. The second kappa shape index (κ2) is 4.95. The van der Waals surface area contributed by atoms with Crippen LogP contribution in [0.5, 0.6) is 5.75 Å². The zero-order valence-electron chi connectivity index (χ0n) is 10.3. The molecule has 1 rings (SSSR count). The van der Waals surface area contributed by atoms with Crippen molar-refractivity contribution in [1.29, 1.82) is 0 Å². The normalized spacial score (nSPS) is 11.0. The molecule has 0 unspecified atom stereocenters. The quantitative estimate of drug-likeness (QED) is 0.672. The van der Waals surface area contributed by atoms with Crippen molar-refractivity contribution >= 4 is 17.6 Å². The number of carbonyl (C=O) groups is 2. The number of rotatable bonds is 5. The lowest BCUT2D eigenvalue weighted by molar-refractivity contribution is -0.148. The number of hydrogen-bond donors (Lipinski definition) is 3. The molecule has 0 heterocycles. The molecule has 5 N–H and O–H groups in total. The van der Waals surface area contributed by atoms with E-state index in [1.54, 1.807) is 6.07 Å². The Bertz CT molecular complexity index is 483. The Morgan fingerprint density at radius 2 is 2.00 bits per heavy atom. The van der Waals surface area contributed by atoms with E-state index >= 15 is 0 Å². The maximum absolute atomic E-state index is 11.2. The van der Waals surface area contributed by atoms with Crippen LogP contribution in [0.4, 0.5) is 5.69 Å². The van der Waals surface area contributed by atoms with Crippen LogP contribution in [-0.2, 0) is 4.79 Å². The first-order valence-electron chi connectivity index (χ1n) is 5.30. The van der Waals surface area contributed by atoms with Crippen LogP contribution in [0.25, 0.3) is 0 Å². The van der Waals surface area contributed by atoms with E-state index in [2.05, 4.69) is 0 Å². The third kappa shape index (κ3) is 2.91. The van der Waals surface area contributed by atoms with Gasteiger partial charge >= 0.3 is 5.97 Å². The van der Waals surface area contributed by atoms with Crippen molar-refractivity contribution in [3.8, 4) is 5.75 Å². The Labute approximate surface area is 105 Å². The molecule has 0 atom stereocenters. The molecular formula is C12H16N2O4.